The van der Waals surface area contributed by atoms with Crippen molar-refractivity contribution in [3.8, 4) is 0 Å². The van der Waals surface area contributed by atoms with Crippen molar-refractivity contribution in [1.82, 2.24) is 5.32 Å². The van der Waals surface area contributed by atoms with Gasteiger partial charge in [0, 0.05) is 12.0 Å². The van der Waals surface area contributed by atoms with Crippen molar-refractivity contribution in [3.05, 3.63) is 35.4 Å². The average Bonchev–Trinajstić information content (AvgIpc) is 3.25. The second-order valence-electron chi connectivity index (χ2n) is 6.52. The van der Waals surface area contributed by atoms with Crippen LogP contribution in [0.3, 0.4) is 0 Å². The van der Waals surface area contributed by atoms with Crippen LogP contribution in [-0.2, 0) is 16.6 Å². The van der Waals surface area contributed by atoms with Crippen molar-refractivity contribution < 1.29 is 9.90 Å². The molecule has 1 aliphatic rings. The number of benzene rings is 1. The van der Waals surface area contributed by atoms with Crippen LogP contribution in [0, 0.1) is 5.41 Å². The van der Waals surface area contributed by atoms with Gasteiger partial charge in [0.1, 0.15) is 0 Å². The highest BCUT2D eigenvalue weighted by molar-refractivity contribution is 5.87. The number of aliphatic hydroxyl groups is 1. The first-order valence-electron chi connectivity index (χ1n) is 7.42. The highest BCUT2D eigenvalue weighted by atomic mass is 16.3. The Labute approximate surface area is 121 Å². The van der Waals surface area contributed by atoms with Gasteiger partial charge in [-0.3, -0.25) is 4.79 Å². The van der Waals surface area contributed by atoms with Crippen LogP contribution in [0.15, 0.2) is 24.3 Å². The third-order valence-electron chi connectivity index (χ3n) is 4.57. The molecule has 0 bridgehead atoms. The summed E-state index contributed by atoms with van der Waals surface area (Å²) in [7, 11) is 0. The fourth-order valence-corrected chi connectivity index (χ4v) is 2.34. The first-order chi connectivity index (χ1) is 9.43. The van der Waals surface area contributed by atoms with E-state index in [0.717, 1.165) is 24.8 Å². The molecule has 0 aliphatic heterocycles. The van der Waals surface area contributed by atoms with Gasteiger partial charge < -0.3 is 10.4 Å². The van der Waals surface area contributed by atoms with E-state index >= 15 is 0 Å². The molecule has 20 heavy (non-hydrogen) atoms. The van der Waals surface area contributed by atoms with Gasteiger partial charge in [0.25, 0.3) is 0 Å². The molecule has 0 unspecified atom stereocenters. The third-order valence-corrected chi connectivity index (χ3v) is 4.57. The maximum Gasteiger partial charge on any atom is 0.230 e. The molecule has 110 valence electrons. The molecule has 0 spiro atoms. The zero-order chi connectivity index (χ0) is 14.8. The topological polar surface area (TPSA) is 49.3 Å². The molecule has 1 aromatic carbocycles. The lowest BCUT2D eigenvalue weighted by atomic mass is 9.83. The fourth-order valence-electron chi connectivity index (χ4n) is 2.34. The van der Waals surface area contributed by atoms with E-state index in [2.05, 4.69) is 24.4 Å². The summed E-state index contributed by atoms with van der Waals surface area (Å²) in [6.45, 7) is 6.76. The van der Waals surface area contributed by atoms with E-state index in [-0.39, 0.29) is 17.9 Å². The van der Waals surface area contributed by atoms with E-state index in [1.807, 2.05) is 26.0 Å². The molecular formula is C17H25NO2. The third kappa shape index (κ3) is 3.04. The number of hydrogen-bond acceptors (Lipinski definition) is 2. The second-order valence-corrected chi connectivity index (χ2v) is 6.52. The van der Waals surface area contributed by atoms with Crippen molar-refractivity contribution >= 4 is 5.91 Å². The van der Waals surface area contributed by atoms with Crippen molar-refractivity contribution in [2.24, 2.45) is 5.41 Å². The Morgan fingerprint density at radius 2 is 1.90 bits per heavy atom. The zero-order valence-electron chi connectivity index (χ0n) is 12.7. The van der Waals surface area contributed by atoms with Gasteiger partial charge in [-0.25, -0.2) is 0 Å². The highest BCUT2D eigenvalue weighted by Gasteiger charge is 2.43. The van der Waals surface area contributed by atoms with Crippen LogP contribution in [0.1, 0.15) is 44.7 Å². The summed E-state index contributed by atoms with van der Waals surface area (Å²) in [5, 5.41) is 12.3. The molecule has 0 atom stereocenters. The van der Waals surface area contributed by atoms with E-state index in [9.17, 15) is 9.90 Å². The Morgan fingerprint density at radius 3 is 2.35 bits per heavy atom. The Balaban J connectivity index is 2.02. The predicted molar refractivity (Wildman–Crippen MR) is 80.6 cm³/mol. The number of rotatable bonds is 6. The number of carbonyl (C=O) groups is 1. The van der Waals surface area contributed by atoms with Crippen molar-refractivity contribution in [3.63, 3.8) is 0 Å². The summed E-state index contributed by atoms with van der Waals surface area (Å²) in [6, 6.07) is 8.25. The first-order valence-corrected chi connectivity index (χ1v) is 7.42. The van der Waals surface area contributed by atoms with E-state index < -0.39 is 5.41 Å². The van der Waals surface area contributed by atoms with Crippen molar-refractivity contribution in [2.45, 2.75) is 45.4 Å². The SMILES string of the molecule is CCc1ccc(C(C)(C)C(=O)NCC2(CO)CC2)cc1. The number of nitrogens with one attached hydrogen (secondary N) is 1. The first kappa shape index (κ1) is 15.0. The lowest BCUT2D eigenvalue weighted by Gasteiger charge is -2.25. The number of hydrogen-bond donors (Lipinski definition) is 2. The number of carbonyl (C=O) groups excluding carboxylic acids is 1. The van der Waals surface area contributed by atoms with Gasteiger partial charge in [-0.15, -0.1) is 0 Å². The molecular weight excluding hydrogens is 250 g/mol. The minimum atomic E-state index is -0.544. The summed E-state index contributed by atoms with van der Waals surface area (Å²) < 4.78 is 0. The largest absolute Gasteiger partial charge is 0.396 e. The minimum absolute atomic E-state index is 0.0291. The summed E-state index contributed by atoms with van der Waals surface area (Å²) in [6.07, 6.45) is 3.02. The Kier molecular flexibility index (Phi) is 4.19. The summed E-state index contributed by atoms with van der Waals surface area (Å²) in [4.78, 5) is 12.4. The molecule has 3 nitrogen and oxygen atoms in total. The van der Waals surface area contributed by atoms with Crippen LogP contribution in [-0.4, -0.2) is 24.2 Å². The van der Waals surface area contributed by atoms with E-state index in [4.69, 9.17) is 0 Å². The molecule has 0 aromatic heterocycles. The average molecular weight is 275 g/mol. The van der Waals surface area contributed by atoms with Crippen LogP contribution in [0.5, 0.6) is 0 Å². The zero-order valence-corrected chi connectivity index (χ0v) is 12.7. The smallest absolute Gasteiger partial charge is 0.230 e. The molecule has 1 amide bonds. The molecule has 2 rings (SSSR count). The molecule has 1 aromatic rings. The molecule has 3 heteroatoms. The maximum atomic E-state index is 12.4. The van der Waals surface area contributed by atoms with Crippen LogP contribution in [0.4, 0.5) is 0 Å². The van der Waals surface area contributed by atoms with Crippen LogP contribution >= 0.6 is 0 Å². The lowest BCUT2D eigenvalue weighted by molar-refractivity contribution is -0.126. The number of amides is 1. The Bertz CT molecular complexity index is 472. The van der Waals surface area contributed by atoms with E-state index in [1.165, 1.54) is 5.56 Å². The summed E-state index contributed by atoms with van der Waals surface area (Å²) in [5.41, 5.74) is 1.72. The monoisotopic (exact) mass is 275 g/mol. The van der Waals surface area contributed by atoms with E-state index in [0.29, 0.717) is 6.54 Å². The van der Waals surface area contributed by atoms with E-state index in [1.54, 1.807) is 0 Å². The van der Waals surface area contributed by atoms with Gasteiger partial charge in [-0.05, 0) is 44.2 Å². The highest BCUT2D eigenvalue weighted by Crippen LogP contribution is 2.44. The maximum absolute atomic E-state index is 12.4. The lowest BCUT2D eigenvalue weighted by Crippen LogP contribution is -2.43. The quantitative estimate of drug-likeness (QED) is 0.837. The normalized spacial score (nSPS) is 16.8. The summed E-state index contributed by atoms with van der Waals surface area (Å²) >= 11 is 0. The van der Waals surface area contributed by atoms with Crippen molar-refractivity contribution in [1.29, 1.82) is 0 Å². The summed E-state index contributed by atoms with van der Waals surface area (Å²) in [5.74, 6) is 0.0291. The minimum Gasteiger partial charge on any atom is -0.396 e. The van der Waals surface area contributed by atoms with Gasteiger partial charge in [0.15, 0.2) is 0 Å². The van der Waals surface area contributed by atoms with Crippen LogP contribution < -0.4 is 5.32 Å². The van der Waals surface area contributed by atoms with Crippen molar-refractivity contribution in [2.75, 3.05) is 13.2 Å². The standard InChI is InChI=1S/C17H25NO2/c1-4-13-5-7-14(8-6-13)16(2,3)15(20)18-11-17(12-19)9-10-17/h5-8,19H,4,9-12H2,1-3H3,(H,18,20). The van der Waals surface area contributed by atoms with Gasteiger partial charge in [-0.1, -0.05) is 31.2 Å². The van der Waals surface area contributed by atoms with Gasteiger partial charge in [0.2, 0.25) is 5.91 Å². The molecule has 1 saturated carbocycles. The molecule has 1 fully saturated rings. The number of aliphatic hydroxyl groups excluding tert-OH is 1. The second kappa shape index (κ2) is 5.57. The molecule has 1 aliphatic carbocycles. The Morgan fingerprint density at radius 1 is 1.30 bits per heavy atom. The predicted octanol–water partition coefficient (Wildman–Crippen LogP) is 2.42. The van der Waals surface area contributed by atoms with Gasteiger partial charge in [-0.2, -0.15) is 0 Å². The number of aryl methyl sites for hydroxylation is 1. The Hall–Kier alpha value is -1.35. The molecule has 2 N–H and O–H groups in total. The fraction of sp³-hybridized carbons (Fsp3) is 0.588. The van der Waals surface area contributed by atoms with Crippen LogP contribution in [0.2, 0.25) is 0 Å². The van der Waals surface area contributed by atoms with Gasteiger partial charge >= 0.3 is 0 Å². The molecule has 0 saturated heterocycles. The molecule has 0 heterocycles. The molecule has 0 radical (unpaired) electrons. The van der Waals surface area contributed by atoms with Crippen LogP contribution in [0.25, 0.3) is 0 Å². The van der Waals surface area contributed by atoms with Gasteiger partial charge in [0.05, 0.1) is 12.0 Å².